The quantitative estimate of drug-likeness (QED) is 0.542. The molecule has 5 heterocycles. The van der Waals surface area contributed by atoms with Crippen LogP contribution in [0.25, 0.3) is 10.1 Å². The summed E-state index contributed by atoms with van der Waals surface area (Å²) in [6, 6.07) is 2.50. The number of hydrogen-bond donors (Lipinski definition) is 1. The average molecular weight is 540 g/mol. The lowest BCUT2D eigenvalue weighted by molar-refractivity contribution is -0.143. The molecule has 190 valence electrons. The Morgan fingerprint density at radius 2 is 1.91 bits per heavy atom. The largest absolute Gasteiger partial charge is 0.337 e. The molecule has 1 N–H and O–H groups in total. The van der Waals surface area contributed by atoms with E-state index >= 15 is 0 Å². The van der Waals surface area contributed by atoms with Gasteiger partial charge in [0.25, 0.3) is 10.0 Å². The van der Waals surface area contributed by atoms with Crippen LogP contribution >= 0.6 is 22.9 Å². The van der Waals surface area contributed by atoms with E-state index in [1.165, 1.54) is 30.0 Å². The molecule has 35 heavy (non-hydrogen) atoms. The molecule has 3 aliphatic heterocycles. The molecular weight excluding hydrogens is 510 g/mol. The number of amides is 2. The van der Waals surface area contributed by atoms with Crippen LogP contribution in [-0.4, -0.2) is 91.3 Å². The Morgan fingerprint density at radius 1 is 1.14 bits per heavy atom. The predicted molar refractivity (Wildman–Crippen MR) is 135 cm³/mol. The lowest BCUT2D eigenvalue weighted by Gasteiger charge is -2.34. The number of piperidine rings is 1. The molecule has 0 radical (unpaired) electrons. The van der Waals surface area contributed by atoms with Gasteiger partial charge in [0.2, 0.25) is 11.8 Å². The van der Waals surface area contributed by atoms with Crippen molar-refractivity contribution in [1.29, 1.82) is 0 Å². The Morgan fingerprint density at radius 3 is 2.69 bits per heavy atom. The van der Waals surface area contributed by atoms with Crippen LogP contribution in [0.3, 0.4) is 0 Å². The topological polar surface area (TPSA) is 103 Å². The monoisotopic (exact) mass is 539 g/mol. The fraction of sp³-hybridized carbons (Fsp3) is 0.609. The van der Waals surface area contributed by atoms with Crippen molar-refractivity contribution < 1.29 is 18.0 Å². The van der Waals surface area contributed by atoms with E-state index in [9.17, 15) is 18.0 Å². The second-order valence-electron chi connectivity index (χ2n) is 9.55. The summed E-state index contributed by atoms with van der Waals surface area (Å²) in [5.41, 5.74) is 0. The minimum absolute atomic E-state index is 0.00226. The maximum Gasteiger partial charge on any atom is 0.250 e. The van der Waals surface area contributed by atoms with Crippen molar-refractivity contribution in [2.45, 2.75) is 54.8 Å². The van der Waals surface area contributed by atoms with Gasteiger partial charge >= 0.3 is 0 Å². The number of pyridine rings is 1. The van der Waals surface area contributed by atoms with Gasteiger partial charge in [0, 0.05) is 42.0 Å². The van der Waals surface area contributed by atoms with E-state index in [0.717, 1.165) is 50.4 Å². The molecule has 2 unspecified atom stereocenters. The number of thiophene rings is 1. The molecule has 3 fully saturated rings. The Hall–Kier alpha value is -1.79. The molecule has 12 heteroatoms. The van der Waals surface area contributed by atoms with Crippen molar-refractivity contribution in [2.75, 3.05) is 39.3 Å². The Bertz CT molecular complexity index is 1210. The van der Waals surface area contributed by atoms with Crippen molar-refractivity contribution in [3.05, 3.63) is 23.5 Å². The van der Waals surface area contributed by atoms with Crippen LogP contribution in [0.2, 0.25) is 5.15 Å². The highest BCUT2D eigenvalue weighted by Crippen LogP contribution is 2.32. The van der Waals surface area contributed by atoms with Gasteiger partial charge < -0.3 is 14.7 Å². The number of fused-ring (bicyclic) bond motifs is 1. The van der Waals surface area contributed by atoms with E-state index in [4.69, 9.17) is 11.6 Å². The van der Waals surface area contributed by atoms with Gasteiger partial charge in [-0.05, 0) is 63.7 Å². The number of nitrogens with zero attached hydrogens (tertiary/aromatic N) is 4. The summed E-state index contributed by atoms with van der Waals surface area (Å²) in [7, 11) is -3.93. The van der Waals surface area contributed by atoms with Gasteiger partial charge in [-0.2, -0.15) is 4.72 Å². The number of hydrogen-bond acceptors (Lipinski definition) is 7. The first kappa shape index (κ1) is 24.9. The van der Waals surface area contributed by atoms with Crippen LogP contribution in [0.5, 0.6) is 0 Å². The Kier molecular flexibility index (Phi) is 7.32. The van der Waals surface area contributed by atoms with Crippen molar-refractivity contribution in [3.8, 4) is 0 Å². The van der Waals surface area contributed by atoms with E-state index in [1.54, 1.807) is 6.07 Å². The number of carbonyl (C=O) groups is 2. The first-order valence-corrected chi connectivity index (χ1v) is 14.9. The van der Waals surface area contributed by atoms with Gasteiger partial charge in [-0.15, -0.1) is 11.3 Å². The maximum atomic E-state index is 13.2. The predicted octanol–water partition coefficient (Wildman–Crippen LogP) is 2.31. The molecule has 0 bridgehead atoms. The minimum atomic E-state index is -3.93. The van der Waals surface area contributed by atoms with Crippen LogP contribution in [0.1, 0.15) is 38.5 Å². The lowest BCUT2D eigenvalue weighted by atomic mass is 10.1. The van der Waals surface area contributed by atoms with Crippen molar-refractivity contribution >= 4 is 54.9 Å². The van der Waals surface area contributed by atoms with Crippen LogP contribution in [0.4, 0.5) is 0 Å². The zero-order chi connectivity index (χ0) is 24.6. The number of rotatable bonds is 7. The van der Waals surface area contributed by atoms with Crippen molar-refractivity contribution in [1.82, 2.24) is 24.4 Å². The average Bonchev–Trinajstić information content (AvgIpc) is 3.58. The third kappa shape index (κ3) is 5.34. The molecule has 5 rings (SSSR count). The van der Waals surface area contributed by atoms with Crippen LogP contribution in [0.15, 0.2) is 22.5 Å². The molecule has 3 saturated heterocycles. The minimum Gasteiger partial charge on any atom is -0.337 e. The van der Waals surface area contributed by atoms with Gasteiger partial charge in [-0.1, -0.05) is 11.6 Å². The highest BCUT2D eigenvalue weighted by Gasteiger charge is 2.36. The lowest BCUT2D eigenvalue weighted by Crippen LogP contribution is -2.55. The molecule has 2 aromatic heterocycles. The molecule has 0 spiro atoms. The zero-order valence-corrected chi connectivity index (χ0v) is 21.9. The number of carbonyl (C=O) groups excluding carboxylic acids is 2. The molecule has 0 aromatic carbocycles. The van der Waals surface area contributed by atoms with E-state index in [0.29, 0.717) is 29.5 Å². The van der Waals surface area contributed by atoms with E-state index in [2.05, 4.69) is 14.6 Å². The fourth-order valence-electron chi connectivity index (χ4n) is 5.36. The number of nitrogens with one attached hydrogen (secondary N) is 1. The third-order valence-electron chi connectivity index (χ3n) is 7.16. The summed E-state index contributed by atoms with van der Waals surface area (Å²) in [6.45, 7) is 4.26. The highest BCUT2D eigenvalue weighted by molar-refractivity contribution is 7.91. The smallest absolute Gasteiger partial charge is 0.250 e. The summed E-state index contributed by atoms with van der Waals surface area (Å²) < 4.78 is 29.5. The maximum absolute atomic E-state index is 13.2. The molecule has 3 aliphatic rings. The summed E-state index contributed by atoms with van der Waals surface area (Å²) in [6.07, 6.45) is 6.96. The standard InChI is InChI=1S/C23H30ClN5O4S2/c24-22-17-13-21(34-19(17)7-8-25-22)35(32,33)26-18-6-4-11-28(23(18)31)15-20(30)29-12-3-5-16(29)14-27-9-1-2-10-27/h7-8,13,16,18,26H,1-6,9-12,14-15H2. The summed E-state index contributed by atoms with van der Waals surface area (Å²) in [5.74, 6) is -0.389. The molecule has 2 aromatic rings. The highest BCUT2D eigenvalue weighted by atomic mass is 35.5. The number of sulfonamides is 1. The molecule has 0 aliphatic carbocycles. The number of aromatic nitrogens is 1. The normalized spacial score (nSPS) is 24.1. The van der Waals surface area contributed by atoms with Gasteiger partial charge in [0.15, 0.2) is 0 Å². The van der Waals surface area contributed by atoms with Crippen LogP contribution < -0.4 is 4.72 Å². The van der Waals surface area contributed by atoms with Crippen LogP contribution in [-0.2, 0) is 19.6 Å². The number of likely N-dealkylation sites (tertiary alicyclic amines) is 3. The van der Waals surface area contributed by atoms with Crippen molar-refractivity contribution in [3.63, 3.8) is 0 Å². The van der Waals surface area contributed by atoms with Gasteiger partial charge in [0.1, 0.15) is 15.4 Å². The molecule has 0 saturated carbocycles. The summed E-state index contributed by atoms with van der Waals surface area (Å²) >= 11 is 7.18. The SMILES string of the molecule is O=C1C(NS(=O)(=O)c2cc3c(Cl)nccc3s2)CCCN1CC(=O)N1CCCC1CN1CCCC1. The molecule has 2 amide bonds. The summed E-state index contributed by atoms with van der Waals surface area (Å²) in [5, 5.41) is 0.805. The Balaban J connectivity index is 1.23. The van der Waals surface area contributed by atoms with E-state index in [-0.39, 0.29) is 33.8 Å². The molecule has 9 nitrogen and oxygen atoms in total. The van der Waals surface area contributed by atoms with E-state index in [1.807, 2.05) is 4.90 Å². The second kappa shape index (κ2) is 10.3. The third-order valence-corrected chi connectivity index (χ3v) is 10.5. The van der Waals surface area contributed by atoms with Gasteiger partial charge in [-0.25, -0.2) is 13.4 Å². The van der Waals surface area contributed by atoms with Gasteiger partial charge in [0.05, 0.1) is 6.54 Å². The number of halogens is 1. The Labute approximate surface area is 214 Å². The summed E-state index contributed by atoms with van der Waals surface area (Å²) in [4.78, 5) is 36.2. The molecular formula is C23H30ClN5O4S2. The van der Waals surface area contributed by atoms with E-state index < -0.39 is 16.1 Å². The molecule has 2 atom stereocenters. The zero-order valence-electron chi connectivity index (χ0n) is 19.5. The van der Waals surface area contributed by atoms with Crippen LogP contribution in [0, 0.1) is 0 Å². The first-order chi connectivity index (χ1) is 16.8. The first-order valence-electron chi connectivity index (χ1n) is 12.2. The van der Waals surface area contributed by atoms with Gasteiger partial charge in [-0.3, -0.25) is 9.59 Å². The fourth-order valence-corrected chi connectivity index (χ4v) is 8.25. The second-order valence-corrected chi connectivity index (χ2v) is 12.9. The van der Waals surface area contributed by atoms with Crippen molar-refractivity contribution in [2.24, 2.45) is 0 Å².